The Kier molecular flexibility index (Phi) is 3.86. The molecule has 1 fully saturated rings. The monoisotopic (exact) mass is 359 g/mol. The van der Waals surface area contributed by atoms with Crippen LogP contribution in [0, 0.1) is 6.92 Å². The van der Waals surface area contributed by atoms with E-state index in [-0.39, 0.29) is 11.8 Å². The molecule has 3 heterocycles. The SMILES string of the molecule is Cc1ccc(N2C[C@@H](c3nc(-c4cccs4)no3)CC2=O)cc1Cl. The van der Waals surface area contributed by atoms with Gasteiger partial charge in [-0.05, 0) is 36.1 Å². The van der Waals surface area contributed by atoms with Crippen LogP contribution in [-0.2, 0) is 4.79 Å². The largest absolute Gasteiger partial charge is 0.339 e. The molecule has 1 amide bonds. The van der Waals surface area contributed by atoms with Gasteiger partial charge < -0.3 is 9.42 Å². The quantitative estimate of drug-likeness (QED) is 0.700. The van der Waals surface area contributed by atoms with Gasteiger partial charge in [0.1, 0.15) is 0 Å². The molecular formula is C17H14ClN3O2S. The Labute approximate surface area is 147 Å². The molecule has 4 rings (SSSR count). The lowest BCUT2D eigenvalue weighted by atomic mass is 10.1. The smallest absolute Gasteiger partial charge is 0.232 e. The van der Waals surface area contributed by atoms with Crippen molar-refractivity contribution in [3.8, 4) is 10.7 Å². The molecule has 2 aromatic heterocycles. The number of carbonyl (C=O) groups is 1. The predicted octanol–water partition coefficient (Wildman–Crippen LogP) is 4.28. The van der Waals surface area contributed by atoms with E-state index in [1.807, 2.05) is 42.6 Å². The second kappa shape index (κ2) is 6.03. The van der Waals surface area contributed by atoms with E-state index in [9.17, 15) is 4.79 Å². The van der Waals surface area contributed by atoms with E-state index in [2.05, 4.69) is 10.1 Å². The highest BCUT2D eigenvalue weighted by molar-refractivity contribution is 7.13. The fourth-order valence-electron chi connectivity index (χ4n) is 2.78. The van der Waals surface area contributed by atoms with E-state index in [0.29, 0.717) is 29.7 Å². The molecule has 0 N–H and O–H groups in total. The molecule has 24 heavy (non-hydrogen) atoms. The van der Waals surface area contributed by atoms with Gasteiger partial charge in [0.15, 0.2) is 0 Å². The lowest BCUT2D eigenvalue weighted by molar-refractivity contribution is -0.117. The molecule has 1 atom stereocenters. The zero-order valence-corrected chi connectivity index (χ0v) is 14.5. The maximum absolute atomic E-state index is 12.4. The van der Waals surface area contributed by atoms with E-state index in [1.54, 1.807) is 16.2 Å². The summed E-state index contributed by atoms with van der Waals surface area (Å²) in [5, 5.41) is 6.64. The molecule has 0 aliphatic carbocycles. The van der Waals surface area contributed by atoms with Gasteiger partial charge in [-0.3, -0.25) is 4.79 Å². The van der Waals surface area contributed by atoms with Crippen molar-refractivity contribution in [1.82, 2.24) is 10.1 Å². The number of hydrogen-bond acceptors (Lipinski definition) is 5. The molecule has 3 aromatic rings. The zero-order valence-electron chi connectivity index (χ0n) is 12.9. The maximum Gasteiger partial charge on any atom is 0.232 e. The van der Waals surface area contributed by atoms with Crippen LogP contribution in [0.4, 0.5) is 5.69 Å². The lowest BCUT2D eigenvalue weighted by Crippen LogP contribution is -2.24. The van der Waals surface area contributed by atoms with Gasteiger partial charge in [0, 0.05) is 23.7 Å². The molecule has 5 nitrogen and oxygen atoms in total. The molecule has 0 unspecified atom stereocenters. The van der Waals surface area contributed by atoms with Gasteiger partial charge in [0.25, 0.3) is 0 Å². The first-order valence-electron chi connectivity index (χ1n) is 7.56. The highest BCUT2D eigenvalue weighted by Crippen LogP contribution is 2.33. The van der Waals surface area contributed by atoms with Crippen molar-refractivity contribution in [2.24, 2.45) is 0 Å². The zero-order chi connectivity index (χ0) is 16.7. The van der Waals surface area contributed by atoms with Crippen molar-refractivity contribution < 1.29 is 9.32 Å². The van der Waals surface area contributed by atoms with Crippen LogP contribution < -0.4 is 4.90 Å². The minimum Gasteiger partial charge on any atom is -0.339 e. The van der Waals surface area contributed by atoms with Crippen LogP contribution in [0.5, 0.6) is 0 Å². The number of halogens is 1. The fraction of sp³-hybridized carbons (Fsp3) is 0.235. The Bertz CT molecular complexity index is 891. The van der Waals surface area contributed by atoms with Crippen LogP contribution in [0.15, 0.2) is 40.2 Å². The van der Waals surface area contributed by atoms with E-state index < -0.39 is 0 Å². The maximum atomic E-state index is 12.4. The second-order valence-electron chi connectivity index (χ2n) is 5.77. The van der Waals surface area contributed by atoms with E-state index >= 15 is 0 Å². The highest BCUT2D eigenvalue weighted by atomic mass is 35.5. The van der Waals surface area contributed by atoms with Gasteiger partial charge >= 0.3 is 0 Å². The Morgan fingerprint density at radius 1 is 1.38 bits per heavy atom. The summed E-state index contributed by atoms with van der Waals surface area (Å²) in [6, 6.07) is 9.53. The number of amides is 1. The van der Waals surface area contributed by atoms with Crippen LogP contribution in [0.2, 0.25) is 5.02 Å². The van der Waals surface area contributed by atoms with Crippen molar-refractivity contribution in [2.75, 3.05) is 11.4 Å². The van der Waals surface area contributed by atoms with Gasteiger partial charge in [-0.1, -0.05) is 28.9 Å². The van der Waals surface area contributed by atoms with Crippen LogP contribution in [0.1, 0.15) is 23.8 Å². The number of anilines is 1. The molecule has 7 heteroatoms. The van der Waals surface area contributed by atoms with Gasteiger partial charge in [0.05, 0.1) is 10.8 Å². The third-order valence-corrected chi connectivity index (χ3v) is 5.40. The van der Waals surface area contributed by atoms with Gasteiger partial charge in [-0.2, -0.15) is 4.98 Å². The van der Waals surface area contributed by atoms with Crippen molar-refractivity contribution in [3.63, 3.8) is 0 Å². The minimum atomic E-state index is -0.0983. The van der Waals surface area contributed by atoms with Gasteiger partial charge in [-0.15, -0.1) is 11.3 Å². The number of aromatic nitrogens is 2. The average Bonchev–Trinajstić information content (AvgIpc) is 3.28. The summed E-state index contributed by atoms with van der Waals surface area (Å²) in [5.41, 5.74) is 1.79. The van der Waals surface area contributed by atoms with Crippen molar-refractivity contribution in [2.45, 2.75) is 19.3 Å². The Balaban J connectivity index is 1.56. The molecular weight excluding hydrogens is 346 g/mol. The van der Waals surface area contributed by atoms with Crippen LogP contribution in [-0.4, -0.2) is 22.6 Å². The Hall–Kier alpha value is -2.18. The minimum absolute atomic E-state index is 0.0378. The first-order chi connectivity index (χ1) is 11.6. The average molecular weight is 360 g/mol. The van der Waals surface area contributed by atoms with E-state index in [0.717, 1.165) is 16.1 Å². The van der Waals surface area contributed by atoms with E-state index in [4.69, 9.17) is 16.1 Å². The summed E-state index contributed by atoms with van der Waals surface area (Å²) in [6.07, 6.45) is 0.359. The molecule has 1 aromatic carbocycles. The molecule has 1 saturated heterocycles. The summed E-state index contributed by atoms with van der Waals surface area (Å²) in [4.78, 5) is 19.5. The van der Waals surface area contributed by atoms with Gasteiger partial charge in [-0.25, -0.2) is 0 Å². The summed E-state index contributed by atoms with van der Waals surface area (Å²) >= 11 is 7.73. The molecule has 1 aliphatic heterocycles. The molecule has 0 radical (unpaired) electrons. The number of rotatable bonds is 3. The summed E-state index contributed by atoms with van der Waals surface area (Å²) in [7, 11) is 0. The Morgan fingerprint density at radius 3 is 3.00 bits per heavy atom. The molecule has 0 spiro atoms. The highest BCUT2D eigenvalue weighted by Gasteiger charge is 2.35. The number of carbonyl (C=O) groups excluding carboxylic acids is 1. The Morgan fingerprint density at radius 2 is 2.25 bits per heavy atom. The lowest BCUT2D eigenvalue weighted by Gasteiger charge is -2.17. The first-order valence-corrected chi connectivity index (χ1v) is 8.81. The normalized spacial score (nSPS) is 17.7. The second-order valence-corrected chi connectivity index (χ2v) is 7.13. The van der Waals surface area contributed by atoms with Crippen molar-refractivity contribution in [3.05, 3.63) is 52.2 Å². The summed E-state index contributed by atoms with van der Waals surface area (Å²) in [6.45, 7) is 2.45. The van der Waals surface area contributed by atoms with Crippen molar-refractivity contribution in [1.29, 1.82) is 0 Å². The summed E-state index contributed by atoms with van der Waals surface area (Å²) < 4.78 is 5.39. The predicted molar refractivity (Wildman–Crippen MR) is 93.5 cm³/mol. The number of aryl methyl sites for hydroxylation is 1. The molecule has 0 bridgehead atoms. The topological polar surface area (TPSA) is 59.2 Å². The number of benzene rings is 1. The number of hydrogen-bond donors (Lipinski definition) is 0. The molecule has 122 valence electrons. The fourth-order valence-corrected chi connectivity index (χ4v) is 3.60. The van der Waals surface area contributed by atoms with Crippen LogP contribution >= 0.6 is 22.9 Å². The number of thiophene rings is 1. The van der Waals surface area contributed by atoms with Crippen LogP contribution in [0.3, 0.4) is 0 Å². The van der Waals surface area contributed by atoms with Crippen molar-refractivity contribution >= 4 is 34.5 Å². The molecule has 0 saturated carbocycles. The first kappa shape index (κ1) is 15.4. The van der Waals surface area contributed by atoms with Crippen LogP contribution in [0.25, 0.3) is 10.7 Å². The third kappa shape index (κ3) is 2.72. The summed E-state index contributed by atoms with van der Waals surface area (Å²) in [5.74, 6) is 1.02. The van der Waals surface area contributed by atoms with Gasteiger partial charge in [0.2, 0.25) is 17.6 Å². The van der Waals surface area contributed by atoms with E-state index in [1.165, 1.54) is 0 Å². The number of nitrogens with zero attached hydrogens (tertiary/aromatic N) is 3. The standard InChI is InChI=1S/C17H14ClN3O2S/c1-10-4-5-12(8-13(10)18)21-9-11(7-15(21)22)17-19-16(20-23-17)14-3-2-6-24-14/h2-6,8,11H,7,9H2,1H3/t11-/m0/s1. The molecule has 1 aliphatic rings. The third-order valence-electron chi connectivity index (χ3n) is 4.12.